The third-order valence-electron chi connectivity index (χ3n) is 3.40. The molecule has 0 saturated carbocycles. The first kappa shape index (κ1) is 23.0. The number of hydrogen-bond acceptors (Lipinski definition) is 3. The predicted molar refractivity (Wildman–Crippen MR) is 97.1 cm³/mol. The van der Waals surface area contributed by atoms with Crippen molar-refractivity contribution in [3.05, 3.63) is 12.2 Å². The number of carbonyl (C=O) groups is 1. The molecule has 0 spiro atoms. The smallest absolute Gasteiger partial charge is 0.272 e. The van der Waals surface area contributed by atoms with Crippen LogP contribution < -0.4 is 5.32 Å². The Morgan fingerprint density at radius 2 is 1.91 bits per heavy atom. The molecule has 0 aliphatic rings. The summed E-state index contributed by atoms with van der Waals surface area (Å²) in [4.78, 5) is 12.0. The maximum Gasteiger partial charge on any atom is 0.272 e. The van der Waals surface area contributed by atoms with Gasteiger partial charge in [-0.15, -0.1) is 0 Å². The van der Waals surface area contributed by atoms with Crippen LogP contribution in [0.4, 0.5) is 0 Å². The second-order valence-electron chi connectivity index (χ2n) is 6.11. The fraction of sp³-hybridized carbons (Fsp3) is 0.812. The van der Waals surface area contributed by atoms with Crippen LogP contribution in [0.25, 0.3) is 0 Å². The molecule has 0 radical (unpaired) electrons. The maximum absolute atomic E-state index is 12.0. The summed E-state index contributed by atoms with van der Waals surface area (Å²) in [6, 6.07) is 0. The fourth-order valence-corrected chi connectivity index (χ4v) is 2.13. The maximum atomic E-state index is 12.0. The molecular formula is C16H28Cl3NO3. The van der Waals surface area contributed by atoms with Gasteiger partial charge in [-0.2, -0.15) is 0 Å². The van der Waals surface area contributed by atoms with Gasteiger partial charge in [0, 0.05) is 7.11 Å². The van der Waals surface area contributed by atoms with Crippen LogP contribution in [0.15, 0.2) is 12.2 Å². The number of ether oxygens (including phenoxy) is 2. The quantitative estimate of drug-likeness (QED) is 0.337. The number of halogens is 3. The molecule has 1 amide bonds. The van der Waals surface area contributed by atoms with Gasteiger partial charge in [-0.3, -0.25) is 4.79 Å². The highest BCUT2D eigenvalue weighted by Gasteiger charge is 2.35. The van der Waals surface area contributed by atoms with Crippen molar-refractivity contribution in [3.63, 3.8) is 0 Å². The average Bonchev–Trinajstić information content (AvgIpc) is 2.44. The van der Waals surface area contributed by atoms with Crippen LogP contribution >= 0.6 is 34.8 Å². The second kappa shape index (κ2) is 10.8. The third kappa shape index (κ3) is 9.78. The van der Waals surface area contributed by atoms with Crippen molar-refractivity contribution in [1.29, 1.82) is 0 Å². The van der Waals surface area contributed by atoms with Crippen molar-refractivity contribution < 1.29 is 14.3 Å². The lowest BCUT2D eigenvalue weighted by molar-refractivity contribution is -0.121. The van der Waals surface area contributed by atoms with E-state index >= 15 is 0 Å². The Morgan fingerprint density at radius 1 is 1.30 bits per heavy atom. The molecule has 4 nitrogen and oxygen atoms in total. The van der Waals surface area contributed by atoms with Crippen LogP contribution in [0, 0.1) is 5.92 Å². The molecule has 0 fully saturated rings. The minimum atomic E-state index is -1.98. The number of nitrogens with one attached hydrogen (secondary N) is 1. The molecule has 0 aromatic heterocycles. The van der Waals surface area contributed by atoms with Gasteiger partial charge < -0.3 is 14.8 Å². The van der Waals surface area contributed by atoms with E-state index < -0.39 is 15.2 Å². The fourth-order valence-electron chi connectivity index (χ4n) is 1.99. The predicted octanol–water partition coefficient (Wildman–Crippen LogP) is 4.62. The summed E-state index contributed by atoms with van der Waals surface area (Å²) in [5, 5.41) is 2.81. The van der Waals surface area contributed by atoms with Crippen LogP contribution in [0.2, 0.25) is 0 Å². The van der Waals surface area contributed by atoms with Gasteiger partial charge in [0.15, 0.2) is 0 Å². The summed E-state index contributed by atoms with van der Waals surface area (Å²) in [5.74, 6) is -0.370. The van der Waals surface area contributed by atoms with Gasteiger partial charge in [-0.05, 0) is 19.3 Å². The monoisotopic (exact) mass is 387 g/mol. The van der Waals surface area contributed by atoms with E-state index in [0.717, 1.165) is 19.3 Å². The molecule has 136 valence electrons. The van der Waals surface area contributed by atoms with Gasteiger partial charge in [0.2, 0.25) is 0 Å². The number of amides is 1. The van der Waals surface area contributed by atoms with Crippen molar-refractivity contribution in [3.8, 4) is 0 Å². The van der Waals surface area contributed by atoms with E-state index in [1.165, 1.54) is 0 Å². The Morgan fingerprint density at radius 3 is 2.35 bits per heavy atom. The number of unbranched alkanes of at least 4 members (excludes halogenated alkanes) is 1. The zero-order valence-electron chi connectivity index (χ0n) is 14.5. The number of carbonyl (C=O) groups excluding carboxylic acids is 1. The zero-order chi connectivity index (χ0) is 18.1. The topological polar surface area (TPSA) is 47.6 Å². The molecule has 0 aromatic rings. The molecule has 0 bridgehead atoms. The number of rotatable bonds is 10. The Balaban J connectivity index is 5.12. The van der Waals surface area contributed by atoms with Gasteiger partial charge in [-0.1, -0.05) is 80.6 Å². The van der Waals surface area contributed by atoms with E-state index in [2.05, 4.69) is 12.2 Å². The Bertz CT molecular complexity index is 383. The molecule has 0 aliphatic carbocycles. The van der Waals surface area contributed by atoms with Crippen LogP contribution in [-0.2, 0) is 14.3 Å². The normalized spacial score (nSPS) is 16.6. The summed E-state index contributed by atoms with van der Waals surface area (Å²) in [6.07, 6.45) is 6.39. The molecule has 1 N–H and O–H groups in total. The number of alkyl halides is 3. The highest BCUT2D eigenvalue weighted by atomic mass is 35.6. The number of hydrogen-bond donors (Lipinski definition) is 1. The lowest BCUT2D eigenvalue weighted by Crippen LogP contribution is -2.49. The van der Waals surface area contributed by atoms with Crippen LogP contribution in [0.5, 0.6) is 0 Å². The van der Waals surface area contributed by atoms with E-state index in [9.17, 15) is 4.79 Å². The molecule has 0 rings (SSSR count). The molecular weight excluding hydrogens is 361 g/mol. The Kier molecular flexibility index (Phi) is 10.8. The van der Waals surface area contributed by atoms with E-state index in [1.807, 2.05) is 32.9 Å². The van der Waals surface area contributed by atoms with E-state index in [1.54, 1.807) is 7.11 Å². The SMILES string of the molecule is CCCC[C@](C)(/C=C/[C@@H](OCOC)C(C)C)NC(=O)C(Cl)(Cl)Cl. The highest BCUT2D eigenvalue weighted by Crippen LogP contribution is 2.28. The molecule has 0 aromatic carbocycles. The molecule has 23 heavy (non-hydrogen) atoms. The van der Waals surface area contributed by atoms with Gasteiger partial charge in [0.05, 0.1) is 11.6 Å². The first-order valence-electron chi connectivity index (χ1n) is 7.75. The molecule has 0 heterocycles. The number of methoxy groups -OCH3 is 1. The van der Waals surface area contributed by atoms with Crippen LogP contribution in [-0.4, -0.2) is 35.2 Å². The minimum absolute atomic E-state index is 0.124. The first-order valence-corrected chi connectivity index (χ1v) is 8.88. The second-order valence-corrected chi connectivity index (χ2v) is 8.40. The summed E-state index contributed by atoms with van der Waals surface area (Å²) in [6.45, 7) is 8.29. The van der Waals surface area contributed by atoms with Crippen molar-refractivity contribution in [2.24, 2.45) is 5.92 Å². The summed E-state index contributed by atoms with van der Waals surface area (Å²) >= 11 is 17.0. The lowest BCUT2D eigenvalue weighted by atomic mass is 9.92. The van der Waals surface area contributed by atoms with E-state index in [-0.39, 0.29) is 18.8 Å². The molecule has 7 heteroatoms. The Hall–Kier alpha value is -0.000000000000000111. The van der Waals surface area contributed by atoms with Crippen molar-refractivity contribution in [2.75, 3.05) is 13.9 Å². The minimum Gasteiger partial charge on any atom is -0.359 e. The van der Waals surface area contributed by atoms with E-state index in [4.69, 9.17) is 44.3 Å². The van der Waals surface area contributed by atoms with Gasteiger partial charge in [0.25, 0.3) is 9.70 Å². The largest absolute Gasteiger partial charge is 0.359 e. The van der Waals surface area contributed by atoms with Gasteiger partial charge in [0.1, 0.15) is 6.79 Å². The molecule has 0 aliphatic heterocycles. The van der Waals surface area contributed by atoms with E-state index in [0.29, 0.717) is 0 Å². The van der Waals surface area contributed by atoms with Crippen molar-refractivity contribution in [1.82, 2.24) is 5.32 Å². The summed E-state index contributed by atoms with van der Waals surface area (Å²) < 4.78 is 8.59. The molecule has 0 unspecified atom stereocenters. The Labute approximate surface area is 154 Å². The van der Waals surface area contributed by atoms with Gasteiger partial charge >= 0.3 is 0 Å². The van der Waals surface area contributed by atoms with Crippen molar-refractivity contribution >= 4 is 40.7 Å². The third-order valence-corrected chi connectivity index (χ3v) is 3.91. The van der Waals surface area contributed by atoms with Crippen LogP contribution in [0.3, 0.4) is 0 Å². The molecule has 2 atom stereocenters. The first-order chi connectivity index (χ1) is 10.6. The highest BCUT2D eigenvalue weighted by molar-refractivity contribution is 6.76. The molecule has 0 saturated heterocycles. The lowest BCUT2D eigenvalue weighted by Gasteiger charge is -2.30. The van der Waals surface area contributed by atoms with Gasteiger partial charge in [-0.25, -0.2) is 0 Å². The summed E-state index contributed by atoms with van der Waals surface area (Å²) in [7, 11) is 1.58. The zero-order valence-corrected chi connectivity index (χ0v) is 16.8. The summed E-state index contributed by atoms with van der Waals surface area (Å²) in [5.41, 5.74) is -0.611. The average molecular weight is 389 g/mol. The van der Waals surface area contributed by atoms with Crippen molar-refractivity contribution in [2.45, 2.75) is 62.4 Å². The van der Waals surface area contributed by atoms with Crippen LogP contribution in [0.1, 0.15) is 47.0 Å². The standard InChI is InChI=1S/C16H28Cl3NO3/c1-6-7-9-15(4,20-14(21)16(17,18)19)10-8-13(12(2)3)23-11-22-5/h8,10,12-13H,6-7,9,11H2,1-5H3,(H,20,21)/b10-8+/t13-,15-/m1/s1.